The number of halogens is 2. The lowest BCUT2D eigenvalue weighted by Crippen LogP contribution is -2.32. The van der Waals surface area contributed by atoms with Crippen LogP contribution in [0.3, 0.4) is 0 Å². The summed E-state index contributed by atoms with van der Waals surface area (Å²) in [5, 5.41) is 0.825. The molecule has 5 heteroatoms. The van der Waals surface area contributed by atoms with Gasteiger partial charge in [0.2, 0.25) is 5.28 Å². The van der Waals surface area contributed by atoms with Crippen LogP contribution in [0.1, 0.15) is 38.5 Å². The van der Waals surface area contributed by atoms with Gasteiger partial charge in [0.1, 0.15) is 5.02 Å². The predicted octanol–water partition coefficient (Wildman–Crippen LogP) is 3.94. The van der Waals surface area contributed by atoms with E-state index in [1.165, 1.54) is 38.5 Å². The normalized spacial score (nSPS) is 17.8. The summed E-state index contributed by atoms with van der Waals surface area (Å²) in [6.07, 6.45) is 9.21. The largest absolute Gasteiger partial charge is 0.355 e. The van der Waals surface area contributed by atoms with E-state index in [0.717, 1.165) is 5.82 Å². The van der Waals surface area contributed by atoms with Gasteiger partial charge < -0.3 is 4.90 Å². The van der Waals surface area contributed by atoms with Gasteiger partial charge >= 0.3 is 0 Å². The molecule has 94 valence electrons. The highest BCUT2D eigenvalue weighted by Crippen LogP contribution is 2.29. The van der Waals surface area contributed by atoms with E-state index in [2.05, 4.69) is 14.9 Å². The van der Waals surface area contributed by atoms with E-state index in [4.69, 9.17) is 23.2 Å². The number of hydrogen-bond acceptors (Lipinski definition) is 3. The van der Waals surface area contributed by atoms with Gasteiger partial charge in [0, 0.05) is 13.1 Å². The summed E-state index contributed by atoms with van der Waals surface area (Å²) in [5.41, 5.74) is 0. The lowest BCUT2D eigenvalue weighted by Gasteiger charge is -2.28. The van der Waals surface area contributed by atoms with Gasteiger partial charge in [-0.2, -0.15) is 4.98 Å². The molecule has 17 heavy (non-hydrogen) atoms. The van der Waals surface area contributed by atoms with Crippen LogP contribution < -0.4 is 4.90 Å². The molecule has 0 atom stereocenters. The van der Waals surface area contributed by atoms with E-state index in [0.29, 0.717) is 11.1 Å². The van der Waals surface area contributed by atoms with Gasteiger partial charge in [-0.15, -0.1) is 0 Å². The second-order valence-corrected chi connectivity index (χ2v) is 5.31. The maximum atomic E-state index is 6.13. The topological polar surface area (TPSA) is 29.0 Å². The molecule has 1 saturated carbocycles. The molecule has 0 amide bonds. The summed E-state index contributed by atoms with van der Waals surface area (Å²) < 4.78 is 0. The molecule has 1 heterocycles. The maximum absolute atomic E-state index is 6.13. The van der Waals surface area contributed by atoms with Crippen molar-refractivity contribution in [2.24, 2.45) is 0 Å². The first-order valence-electron chi connectivity index (χ1n) is 6.09. The molecule has 0 aromatic carbocycles. The summed E-state index contributed by atoms with van der Waals surface area (Å²) in [7, 11) is 2.04. The predicted molar refractivity (Wildman–Crippen MR) is 71.9 cm³/mol. The lowest BCUT2D eigenvalue weighted by molar-refractivity contribution is 0.549. The van der Waals surface area contributed by atoms with E-state index < -0.39 is 0 Å². The Morgan fingerprint density at radius 2 is 1.82 bits per heavy atom. The van der Waals surface area contributed by atoms with Crippen molar-refractivity contribution >= 4 is 29.0 Å². The standard InChI is InChI=1S/C12H17Cl2N3/c1-17(9-6-4-2-3-5-7-9)11-10(13)8-15-12(14)16-11/h8-9H,2-7H2,1H3. The van der Waals surface area contributed by atoms with Crippen molar-refractivity contribution in [1.29, 1.82) is 0 Å². The molecule has 0 radical (unpaired) electrons. The van der Waals surface area contributed by atoms with Gasteiger partial charge in [-0.25, -0.2) is 4.98 Å². The first kappa shape index (κ1) is 12.9. The molecule has 2 rings (SSSR count). The second-order valence-electron chi connectivity index (χ2n) is 4.57. The van der Waals surface area contributed by atoms with Crippen LogP contribution in [0.25, 0.3) is 0 Å². The summed E-state index contributed by atoms with van der Waals surface area (Å²) in [4.78, 5) is 10.3. The molecule has 0 N–H and O–H groups in total. The van der Waals surface area contributed by atoms with Crippen molar-refractivity contribution in [3.05, 3.63) is 16.5 Å². The van der Waals surface area contributed by atoms with Crippen LogP contribution in [0.4, 0.5) is 5.82 Å². The molecule has 0 aliphatic heterocycles. The highest BCUT2D eigenvalue weighted by atomic mass is 35.5. The fraction of sp³-hybridized carbons (Fsp3) is 0.667. The molecule has 0 spiro atoms. The molecule has 3 nitrogen and oxygen atoms in total. The summed E-state index contributed by atoms with van der Waals surface area (Å²) >= 11 is 12.0. The molecule has 1 fully saturated rings. The van der Waals surface area contributed by atoms with Gasteiger partial charge in [0.15, 0.2) is 5.82 Å². The number of hydrogen-bond donors (Lipinski definition) is 0. The van der Waals surface area contributed by atoms with Crippen LogP contribution in [0.5, 0.6) is 0 Å². The average molecular weight is 274 g/mol. The third kappa shape index (κ3) is 3.23. The number of nitrogens with zero attached hydrogens (tertiary/aromatic N) is 3. The highest BCUT2D eigenvalue weighted by molar-refractivity contribution is 6.33. The van der Waals surface area contributed by atoms with Crippen LogP contribution in [-0.4, -0.2) is 23.1 Å². The molecule has 0 unspecified atom stereocenters. The molecular weight excluding hydrogens is 257 g/mol. The molecular formula is C12H17Cl2N3. The van der Waals surface area contributed by atoms with Crippen molar-refractivity contribution in [3.63, 3.8) is 0 Å². The Morgan fingerprint density at radius 1 is 1.18 bits per heavy atom. The fourth-order valence-corrected chi connectivity index (χ4v) is 2.76. The van der Waals surface area contributed by atoms with Crippen molar-refractivity contribution in [3.8, 4) is 0 Å². The van der Waals surface area contributed by atoms with E-state index in [1.807, 2.05) is 7.05 Å². The molecule has 1 aromatic rings. The minimum Gasteiger partial charge on any atom is -0.355 e. The Bertz CT molecular complexity index is 376. The Balaban J connectivity index is 2.16. The van der Waals surface area contributed by atoms with Gasteiger partial charge in [-0.3, -0.25) is 0 Å². The van der Waals surface area contributed by atoms with Crippen LogP contribution >= 0.6 is 23.2 Å². The first-order valence-corrected chi connectivity index (χ1v) is 6.85. The van der Waals surface area contributed by atoms with Crippen LogP contribution in [0.2, 0.25) is 10.3 Å². The second kappa shape index (κ2) is 5.87. The monoisotopic (exact) mass is 273 g/mol. The van der Waals surface area contributed by atoms with Crippen molar-refractivity contribution in [2.75, 3.05) is 11.9 Å². The molecule has 1 aliphatic rings. The maximum Gasteiger partial charge on any atom is 0.224 e. The van der Waals surface area contributed by atoms with Crippen molar-refractivity contribution in [2.45, 2.75) is 44.6 Å². The Hall–Kier alpha value is -0.540. The van der Waals surface area contributed by atoms with Gasteiger partial charge in [0.25, 0.3) is 0 Å². The zero-order valence-corrected chi connectivity index (χ0v) is 11.5. The number of aromatic nitrogens is 2. The zero-order valence-electron chi connectivity index (χ0n) is 9.99. The van der Waals surface area contributed by atoms with E-state index in [9.17, 15) is 0 Å². The zero-order chi connectivity index (χ0) is 12.3. The van der Waals surface area contributed by atoms with Crippen LogP contribution in [0.15, 0.2) is 6.20 Å². The van der Waals surface area contributed by atoms with Crippen LogP contribution in [-0.2, 0) is 0 Å². The quantitative estimate of drug-likeness (QED) is 0.604. The molecule has 1 aliphatic carbocycles. The number of anilines is 1. The van der Waals surface area contributed by atoms with E-state index >= 15 is 0 Å². The molecule has 0 saturated heterocycles. The SMILES string of the molecule is CN(c1nc(Cl)ncc1Cl)C1CCCCCC1. The Kier molecular flexibility index (Phi) is 4.46. The summed E-state index contributed by atoms with van der Waals surface area (Å²) in [6, 6.07) is 0.515. The smallest absolute Gasteiger partial charge is 0.224 e. The highest BCUT2D eigenvalue weighted by Gasteiger charge is 2.20. The summed E-state index contributed by atoms with van der Waals surface area (Å²) in [5.74, 6) is 0.749. The van der Waals surface area contributed by atoms with E-state index in [-0.39, 0.29) is 5.28 Å². The minimum atomic E-state index is 0.255. The number of rotatable bonds is 2. The first-order chi connectivity index (χ1) is 8.18. The average Bonchev–Trinajstić information content (AvgIpc) is 2.60. The Morgan fingerprint density at radius 3 is 2.47 bits per heavy atom. The van der Waals surface area contributed by atoms with Crippen molar-refractivity contribution < 1.29 is 0 Å². The van der Waals surface area contributed by atoms with Gasteiger partial charge in [0.05, 0.1) is 6.20 Å². The molecule has 1 aromatic heterocycles. The van der Waals surface area contributed by atoms with E-state index in [1.54, 1.807) is 6.20 Å². The molecule has 0 bridgehead atoms. The third-order valence-electron chi connectivity index (χ3n) is 3.40. The fourth-order valence-electron chi connectivity index (χ4n) is 2.40. The minimum absolute atomic E-state index is 0.255. The summed E-state index contributed by atoms with van der Waals surface area (Å²) in [6.45, 7) is 0. The van der Waals surface area contributed by atoms with Gasteiger partial charge in [-0.1, -0.05) is 37.3 Å². The lowest BCUT2D eigenvalue weighted by atomic mass is 10.1. The van der Waals surface area contributed by atoms with Crippen LogP contribution in [0, 0.1) is 0 Å². The van der Waals surface area contributed by atoms with Gasteiger partial charge in [-0.05, 0) is 24.4 Å². The Labute approximate surface area is 112 Å². The van der Waals surface area contributed by atoms with Crippen molar-refractivity contribution in [1.82, 2.24) is 9.97 Å². The third-order valence-corrected chi connectivity index (χ3v) is 3.85.